The minimum Gasteiger partial charge on any atom is -0.466 e. The Morgan fingerprint density at radius 3 is 2.16 bits per heavy atom. The van der Waals surface area contributed by atoms with Gasteiger partial charge >= 0.3 is 5.97 Å². The van der Waals surface area contributed by atoms with E-state index >= 15 is 0 Å². The van der Waals surface area contributed by atoms with Gasteiger partial charge in [-0.25, -0.2) is 0 Å². The van der Waals surface area contributed by atoms with Crippen LogP contribution in [0.3, 0.4) is 0 Å². The maximum Gasteiger partial charge on any atom is 0.306 e. The number of hydrogen-bond acceptors (Lipinski definition) is 3. The molecule has 1 unspecified atom stereocenters. The van der Waals surface area contributed by atoms with Crippen molar-refractivity contribution in [3.63, 3.8) is 0 Å². The zero-order valence-corrected chi connectivity index (χ0v) is 13.9. The number of carbonyl (C=O) groups is 1. The molecule has 0 saturated carbocycles. The second-order valence-electron chi connectivity index (χ2n) is 5.17. The van der Waals surface area contributed by atoms with Crippen molar-refractivity contribution in [1.82, 2.24) is 0 Å². The first-order chi connectivity index (χ1) is 9.20. The summed E-state index contributed by atoms with van der Waals surface area (Å²) in [5.74, 6) is 1.12. The Morgan fingerprint density at radius 2 is 1.58 bits per heavy atom. The highest BCUT2D eigenvalue weighted by Gasteiger charge is 2.09. The predicted octanol–water partition coefficient (Wildman–Crippen LogP) is 5.20. The molecule has 0 amide bonds. The number of hydrogen-bond donors (Lipinski definition) is 0. The Balaban J connectivity index is 3.22. The average molecular weight is 288 g/mol. The van der Waals surface area contributed by atoms with Gasteiger partial charge in [-0.2, -0.15) is 11.8 Å². The molecule has 0 saturated heterocycles. The van der Waals surface area contributed by atoms with Crippen molar-refractivity contribution in [2.24, 2.45) is 0 Å². The van der Waals surface area contributed by atoms with Crippen molar-refractivity contribution >= 4 is 17.7 Å². The topological polar surface area (TPSA) is 26.3 Å². The number of ether oxygens (including phenoxy) is 1. The molecule has 0 aromatic rings. The monoisotopic (exact) mass is 288 g/mol. The van der Waals surface area contributed by atoms with E-state index < -0.39 is 0 Å². The highest BCUT2D eigenvalue weighted by atomic mass is 32.2. The molecule has 19 heavy (non-hydrogen) atoms. The predicted molar refractivity (Wildman–Crippen MR) is 85.8 cm³/mol. The summed E-state index contributed by atoms with van der Waals surface area (Å²) in [6, 6.07) is 0. The average Bonchev–Trinajstić information content (AvgIpc) is 2.37. The van der Waals surface area contributed by atoms with Crippen LogP contribution < -0.4 is 0 Å². The van der Waals surface area contributed by atoms with E-state index in [2.05, 4.69) is 13.8 Å². The van der Waals surface area contributed by atoms with Crippen molar-refractivity contribution in [3.8, 4) is 0 Å². The Hall–Kier alpha value is -0.180. The first-order valence-corrected chi connectivity index (χ1v) is 9.02. The van der Waals surface area contributed by atoms with E-state index in [1.165, 1.54) is 57.1 Å². The lowest BCUT2D eigenvalue weighted by molar-refractivity contribution is -0.142. The number of rotatable bonds is 13. The first-order valence-electron chi connectivity index (χ1n) is 7.97. The molecule has 114 valence electrons. The summed E-state index contributed by atoms with van der Waals surface area (Å²) >= 11 is 1.90. The van der Waals surface area contributed by atoms with Crippen molar-refractivity contribution < 1.29 is 9.53 Å². The molecule has 0 bridgehead atoms. The van der Waals surface area contributed by atoms with Crippen molar-refractivity contribution in [3.05, 3.63) is 0 Å². The fraction of sp³-hybridized carbons (Fsp3) is 0.938. The molecule has 1 atom stereocenters. The molecule has 0 aliphatic rings. The highest BCUT2D eigenvalue weighted by Crippen LogP contribution is 2.17. The van der Waals surface area contributed by atoms with Gasteiger partial charge in [0.1, 0.15) is 0 Å². The molecule has 0 aliphatic carbocycles. The molecular formula is C16H32O2S. The third kappa shape index (κ3) is 14.0. The lowest BCUT2D eigenvalue weighted by Gasteiger charge is -2.10. The largest absolute Gasteiger partial charge is 0.466 e. The van der Waals surface area contributed by atoms with Crippen molar-refractivity contribution in [2.45, 2.75) is 83.8 Å². The highest BCUT2D eigenvalue weighted by molar-refractivity contribution is 7.99. The second-order valence-corrected chi connectivity index (χ2v) is 6.71. The maximum absolute atomic E-state index is 11.3. The molecule has 0 radical (unpaired) electrons. The molecule has 2 nitrogen and oxygen atoms in total. The Bertz CT molecular complexity index is 207. The van der Waals surface area contributed by atoms with E-state index in [4.69, 9.17) is 4.74 Å². The SMILES string of the molecule is CCCCCCCCCCSC(C)CC(=O)OCC. The van der Waals surface area contributed by atoms with Crippen LogP contribution in [0.5, 0.6) is 0 Å². The molecule has 0 aromatic carbocycles. The van der Waals surface area contributed by atoms with Crippen LogP contribution in [0.25, 0.3) is 0 Å². The van der Waals surface area contributed by atoms with E-state index in [-0.39, 0.29) is 5.97 Å². The van der Waals surface area contributed by atoms with E-state index in [1.807, 2.05) is 18.7 Å². The summed E-state index contributed by atoms with van der Waals surface area (Å²) in [7, 11) is 0. The van der Waals surface area contributed by atoms with Gasteiger partial charge in [-0.3, -0.25) is 4.79 Å². The summed E-state index contributed by atoms with van der Waals surface area (Å²) in [6.45, 7) is 6.73. The summed E-state index contributed by atoms with van der Waals surface area (Å²) in [5.41, 5.74) is 0. The number of thioether (sulfide) groups is 1. The molecule has 0 fully saturated rings. The third-order valence-electron chi connectivity index (χ3n) is 3.16. The van der Waals surface area contributed by atoms with E-state index in [0.717, 1.165) is 0 Å². The van der Waals surface area contributed by atoms with Gasteiger partial charge in [0.2, 0.25) is 0 Å². The van der Waals surface area contributed by atoms with E-state index in [0.29, 0.717) is 18.3 Å². The quantitative estimate of drug-likeness (QED) is 0.344. The van der Waals surface area contributed by atoms with Gasteiger partial charge in [-0.15, -0.1) is 0 Å². The van der Waals surface area contributed by atoms with Gasteiger partial charge in [-0.05, 0) is 19.1 Å². The zero-order valence-electron chi connectivity index (χ0n) is 13.1. The van der Waals surface area contributed by atoms with Crippen molar-refractivity contribution in [2.75, 3.05) is 12.4 Å². The Kier molecular flexibility index (Phi) is 14.1. The van der Waals surface area contributed by atoms with Gasteiger partial charge < -0.3 is 4.74 Å². The molecule has 3 heteroatoms. The Labute approximate surface area is 124 Å². The molecule has 0 spiro atoms. The number of carbonyl (C=O) groups excluding carboxylic acids is 1. The third-order valence-corrected chi connectivity index (χ3v) is 4.42. The second kappa shape index (κ2) is 14.2. The van der Waals surface area contributed by atoms with Crippen LogP contribution in [0.1, 0.15) is 78.6 Å². The molecule has 0 rings (SSSR count). The smallest absolute Gasteiger partial charge is 0.306 e. The molecule has 0 aromatic heterocycles. The van der Waals surface area contributed by atoms with Gasteiger partial charge in [0.25, 0.3) is 0 Å². The van der Waals surface area contributed by atoms with Crippen LogP contribution in [-0.4, -0.2) is 23.6 Å². The molecular weight excluding hydrogens is 256 g/mol. The number of esters is 1. The summed E-state index contributed by atoms with van der Waals surface area (Å²) in [5, 5.41) is 0.392. The van der Waals surface area contributed by atoms with Gasteiger partial charge in [0.05, 0.1) is 13.0 Å². The van der Waals surface area contributed by atoms with Crippen LogP contribution in [-0.2, 0) is 9.53 Å². The van der Waals surface area contributed by atoms with E-state index in [1.54, 1.807) is 0 Å². The van der Waals surface area contributed by atoms with Crippen LogP contribution in [0.2, 0.25) is 0 Å². The minimum atomic E-state index is -0.0570. The van der Waals surface area contributed by atoms with Gasteiger partial charge in [0.15, 0.2) is 0 Å². The lowest BCUT2D eigenvalue weighted by atomic mass is 10.1. The van der Waals surface area contributed by atoms with E-state index in [9.17, 15) is 4.79 Å². The van der Waals surface area contributed by atoms with Crippen LogP contribution >= 0.6 is 11.8 Å². The summed E-state index contributed by atoms with van der Waals surface area (Å²) in [4.78, 5) is 11.3. The number of unbranched alkanes of at least 4 members (excludes halogenated alkanes) is 7. The minimum absolute atomic E-state index is 0.0570. The van der Waals surface area contributed by atoms with Crippen LogP contribution in [0.15, 0.2) is 0 Å². The fourth-order valence-corrected chi connectivity index (χ4v) is 3.06. The zero-order chi connectivity index (χ0) is 14.3. The van der Waals surface area contributed by atoms with Gasteiger partial charge in [0, 0.05) is 5.25 Å². The van der Waals surface area contributed by atoms with Crippen molar-refractivity contribution in [1.29, 1.82) is 0 Å². The normalized spacial score (nSPS) is 12.4. The van der Waals surface area contributed by atoms with Gasteiger partial charge in [-0.1, -0.05) is 58.8 Å². The van der Waals surface area contributed by atoms with Crippen LogP contribution in [0.4, 0.5) is 0 Å². The Morgan fingerprint density at radius 1 is 1.00 bits per heavy atom. The molecule has 0 N–H and O–H groups in total. The van der Waals surface area contributed by atoms with Crippen LogP contribution in [0, 0.1) is 0 Å². The summed E-state index contributed by atoms with van der Waals surface area (Å²) < 4.78 is 4.95. The first kappa shape index (κ1) is 18.8. The fourth-order valence-electron chi connectivity index (χ4n) is 2.03. The molecule has 0 heterocycles. The standard InChI is InChI=1S/C16H32O2S/c1-4-6-7-8-9-10-11-12-13-19-15(3)14-16(17)18-5-2/h15H,4-14H2,1-3H3. The lowest BCUT2D eigenvalue weighted by Crippen LogP contribution is -2.11. The summed E-state index contributed by atoms with van der Waals surface area (Å²) in [6.07, 6.45) is 11.5. The maximum atomic E-state index is 11.3. The molecule has 0 aliphatic heterocycles.